The van der Waals surface area contributed by atoms with Crippen LogP contribution >= 0.6 is 12.4 Å². The van der Waals surface area contributed by atoms with Crippen LogP contribution < -0.4 is 5.32 Å². The molecular weight excluding hydrogens is 245 g/mol. The third kappa shape index (κ3) is 4.17. The number of halogens is 4. The highest BCUT2D eigenvalue weighted by Gasteiger charge is 2.41. The summed E-state index contributed by atoms with van der Waals surface area (Å²) in [5.74, 6) is -1.37. The minimum atomic E-state index is -4.11. The van der Waals surface area contributed by atoms with Crippen LogP contribution in [0, 0.1) is 5.92 Å². The number of piperidine rings is 1. The van der Waals surface area contributed by atoms with Crippen LogP contribution in [-0.2, 0) is 4.79 Å². The van der Waals surface area contributed by atoms with Crippen LogP contribution in [0.4, 0.5) is 13.2 Å². The molecule has 0 aromatic rings. The highest BCUT2D eigenvalue weighted by atomic mass is 35.5. The van der Waals surface area contributed by atoms with E-state index in [0.717, 1.165) is 0 Å². The number of likely N-dealkylation sites (tertiary alicyclic amines) is 1. The third-order valence-corrected chi connectivity index (χ3v) is 2.64. The summed E-state index contributed by atoms with van der Waals surface area (Å²) in [5, 5.41) is 2.69. The molecule has 1 N–H and O–H groups in total. The molecule has 0 radical (unpaired) electrons. The van der Waals surface area contributed by atoms with E-state index in [-0.39, 0.29) is 50.8 Å². The Kier molecular flexibility index (Phi) is 6.10. The first-order valence-electron chi connectivity index (χ1n) is 4.94. The molecule has 96 valence electrons. The second-order valence-corrected chi connectivity index (χ2v) is 3.73. The number of alkyl halides is 3. The number of nitrogens with zero attached hydrogens (tertiary/aromatic N) is 1. The van der Waals surface area contributed by atoms with Gasteiger partial charge in [-0.25, -0.2) is 0 Å². The normalized spacial score (nSPS) is 18.1. The maximum absolute atomic E-state index is 12.3. The lowest BCUT2D eigenvalue weighted by molar-refractivity contribution is -0.186. The van der Waals surface area contributed by atoms with E-state index in [0.29, 0.717) is 0 Å². The molecule has 1 aliphatic heterocycles. The summed E-state index contributed by atoms with van der Waals surface area (Å²) in [4.78, 5) is 12.8. The SMILES string of the molecule is CNCC(=O)N1CCC(C(F)(F)F)CC1.Cl. The monoisotopic (exact) mass is 260 g/mol. The third-order valence-electron chi connectivity index (χ3n) is 2.64. The van der Waals surface area contributed by atoms with Gasteiger partial charge in [-0.1, -0.05) is 0 Å². The summed E-state index contributed by atoms with van der Waals surface area (Å²) in [5.41, 5.74) is 0. The number of carbonyl (C=O) groups excluding carboxylic acids is 1. The fraction of sp³-hybridized carbons (Fsp3) is 0.889. The van der Waals surface area contributed by atoms with E-state index < -0.39 is 12.1 Å². The molecule has 0 aliphatic carbocycles. The van der Waals surface area contributed by atoms with Crippen molar-refractivity contribution in [2.24, 2.45) is 5.92 Å². The molecule has 1 heterocycles. The van der Waals surface area contributed by atoms with Gasteiger partial charge in [0.15, 0.2) is 0 Å². The van der Waals surface area contributed by atoms with Gasteiger partial charge in [0, 0.05) is 13.1 Å². The number of carbonyl (C=O) groups is 1. The quantitative estimate of drug-likeness (QED) is 0.815. The summed E-state index contributed by atoms with van der Waals surface area (Å²) in [6, 6.07) is 0. The van der Waals surface area contributed by atoms with E-state index in [1.165, 1.54) is 4.90 Å². The van der Waals surface area contributed by atoms with Crippen LogP contribution in [0.15, 0.2) is 0 Å². The molecule has 3 nitrogen and oxygen atoms in total. The van der Waals surface area contributed by atoms with Crippen molar-refractivity contribution < 1.29 is 18.0 Å². The van der Waals surface area contributed by atoms with Crippen molar-refractivity contribution in [2.75, 3.05) is 26.7 Å². The number of amides is 1. The van der Waals surface area contributed by atoms with Gasteiger partial charge in [0.1, 0.15) is 0 Å². The van der Waals surface area contributed by atoms with Crippen LogP contribution in [0.1, 0.15) is 12.8 Å². The lowest BCUT2D eigenvalue weighted by atomic mass is 9.96. The molecule has 1 fully saturated rings. The molecule has 0 bridgehead atoms. The fourth-order valence-corrected chi connectivity index (χ4v) is 1.72. The van der Waals surface area contributed by atoms with Crippen molar-refractivity contribution >= 4 is 18.3 Å². The highest BCUT2D eigenvalue weighted by Crippen LogP contribution is 2.33. The maximum Gasteiger partial charge on any atom is 0.391 e. The molecule has 0 aromatic heterocycles. The summed E-state index contributed by atoms with van der Waals surface area (Å²) in [7, 11) is 1.64. The molecule has 1 amide bonds. The van der Waals surface area contributed by atoms with Crippen LogP contribution in [0.2, 0.25) is 0 Å². The Bertz CT molecular complexity index is 227. The predicted molar refractivity (Wildman–Crippen MR) is 56.5 cm³/mol. The molecule has 7 heteroatoms. The van der Waals surface area contributed by atoms with Crippen molar-refractivity contribution in [3.05, 3.63) is 0 Å². The molecule has 1 saturated heterocycles. The van der Waals surface area contributed by atoms with Gasteiger partial charge in [-0.2, -0.15) is 13.2 Å². The van der Waals surface area contributed by atoms with Crippen molar-refractivity contribution in [1.82, 2.24) is 10.2 Å². The Morgan fingerprint density at radius 3 is 2.25 bits per heavy atom. The zero-order chi connectivity index (χ0) is 11.5. The summed E-state index contributed by atoms with van der Waals surface area (Å²) < 4.78 is 36.9. The van der Waals surface area contributed by atoms with E-state index in [1.807, 2.05) is 0 Å². The number of rotatable bonds is 2. The first-order valence-corrected chi connectivity index (χ1v) is 4.94. The fourth-order valence-electron chi connectivity index (χ4n) is 1.72. The minimum absolute atomic E-state index is 0. The van der Waals surface area contributed by atoms with Gasteiger partial charge >= 0.3 is 6.18 Å². The van der Waals surface area contributed by atoms with Gasteiger partial charge in [-0.15, -0.1) is 12.4 Å². The van der Waals surface area contributed by atoms with Crippen LogP contribution in [0.3, 0.4) is 0 Å². The van der Waals surface area contributed by atoms with Crippen molar-refractivity contribution in [3.8, 4) is 0 Å². The van der Waals surface area contributed by atoms with E-state index in [1.54, 1.807) is 7.05 Å². The minimum Gasteiger partial charge on any atom is -0.342 e. The number of nitrogens with one attached hydrogen (secondary N) is 1. The molecule has 0 spiro atoms. The van der Waals surface area contributed by atoms with Crippen molar-refractivity contribution in [1.29, 1.82) is 0 Å². The van der Waals surface area contributed by atoms with Crippen molar-refractivity contribution in [2.45, 2.75) is 19.0 Å². The van der Waals surface area contributed by atoms with Crippen LogP contribution in [0.5, 0.6) is 0 Å². The second-order valence-electron chi connectivity index (χ2n) is 3.73. The van der Waals surface area contributed by atoms with E-state index in [4.69, 9.17) is 0 Å². The smallest absolute Gasteiger partial charge is 0.342 e. The molecule has 0 aromatic carbocycles. The standard InChI is InChI=1S/C9H15F3N2O.ClH/c1-13-6-8(15)14-4-2-7(3-5-14)9(10,11)12;/h7,13H,2-6H2,1H3;1H. The first kappa shape index (κ1) is 15.5. The van der Waals surface area contributed by atoms with Crippen molar-refractivity contribution in [3.63, 3.8) is 0 Å². The Labute approximate surface area is 98.8 Å². The average Bonchev–Trinajstić information content (AvgIpc) is 2.17. The zero-order valence-corrected chi connectivity index (χ0v) is 9.83. The lowest BCUT2D eigenvalue weighted by Gasteiger charge is -2.32. The lowest BCUT2D eigenvalue weighted by Crippen LogP contribution is -2.44. The number of hydrogen-bond donors (Lipinski definition) is 1. The van der Waals surface area contributed by atoms with Gasteiger partial charge in [0.2, 0.25) is 5.91 Å². The second kappa shape index (κ2) is 6.30. The Morgan fingerprint density at radius 2 is 1.88 bits per heavy atom. The molecule has 1 aliphatic rings. The summed E-state index contributed by atoms with van der Waals surface area (Å²) in [6.45, 7) is 0.617. The van der Waals surface area contributed by atoms with E-state index >= 15 is 0 Å². The Balaban J connectivity index is 0.00000225. The topological polar surface area (TPSA) is 32.3 Å². The zero-order valence-electron chi connectivity index (χ0n) is 9.01. The first-order chi connectivity index (χ1) is 6.95. The van der Waals surface area contributed by atoms with Crippen LogP contribution in [-0.4, -0.2) is 43.7 Å². The van der Waals surface area contributed by atoms with Gasteiger partial charge in [-0.05, 0) is 19.9 Å². The van der Waals surface area contributed by atoms with Gasteiger partial charge in [0.25, 0.3) is 0 Å². The Hall–Kier alpha value is -0.490. The molecule has 16 heavy (non-hydrogen) atoms. The summed E-state index contributed by atoms with van der Waals surface area (Å²) >= 11 is 0. The maximum atomic E-state index is 12.3. The largest absolute Gasteiger partial charge is 0.391 e. The molecule has 0 saturated carbocycles. The average molecular weight is 261 g/mol. The van der Waals surface area contributed by atoms with Gasteiger partial charge in [-0.3, -0.25) is 4.79 Å². The molecule has 0 atom stereocenters. The number of hydrogen-bond acceptors (Lipinski definition) is 2. The van der Waals surface area contributed by atoms with Gasteiger partial charge < -0.3 is 10.2 Å². The molecule has 1 rings (SSSR count). The van der Waals surface area contributed by atoms with E-state index in [2.05, 4.69) is 5.32 Å². The predicted octanol–water partition coefficient (Wildman–Crippen LogP) is 1.43. The van der Waals surface area contributed by atoms with E-state index in [9.17, 15) is 18.0 Å². The summed E-state index contributed by atoms with van der Waals surface area (Å²) in [6.07, 6.45) is -4.06. The highest BCUT2D eigenvalue weighted by molar-refractivity contribution is 5.85. The molecule has 0 unspecified atom stereocenters. The van der Waals surface area contributed by atoms with Gasteiger partial charge in [0.05, 0.1) is 12.5 Å². The molecular formula is C9H16ClF3N2O. The number of likely N-dealkylation sites (N-methyl/N-ethyl adjacent to an activating group) is 1. The Morgan fingerprint density at radius 1 is 1.38 bits per heavy atom. The van der Waals surface area contributed by atoms with Crippen LogP contribution in [0.25, 0.3) is 0 Å².